The molecule has 1 aromatic carbocycles. The van der Waals surface area contributed by atoms with Gasteiger partial charge in [0.15, 0.2) is 5.82 Å². The largest absolute Gasteiger partial charge is 0.345 e. The molecule has 3 aromatic rings. The molecule has 148 valence electrons. The minimum Gasteiger partial charge on any atom is -0.345 e. The first-order valence-corrected chi connectivity index (χ1v) is 10.4. The summed E-state index contributed by atoms with van der Waals surface area (Å²) in [5.74, 6) is -0.0509. The Labute approximate surface area is 164 Å². The number of para-hydroxylation sites is 1. The average molecular weight is 401 g/mol. The maximum atomic E-state index is 12.7. The Morgan fingerprint density at radius 2 is 1.82 bits per heavy atom. The van der Waals surface area contributed by atoms with Crippen LogP contribution < -0.4 is 5.32 Å². The third kappa shape index (κ3) is 3.85. The average Bonchev–Trinajstić information content (AvgIpc) is 3.30. The highest BCUT2D eigenvalue weighted by molar-refractivity contribution is 7.89. The first-order chi connectivity index (χ1) is 13.4. The number of rotatable bonds is 7. The molecule has 0 unspecified atom stereocenters. The first kappa shape index (κ1) is 19.8. The SMILES string of the molecule is CCN(CC)S(=O)(=O)c1cc(C(=O)Nc2ccn(-c3ccccc3)n2)n(C)c1. The number of aromatic nitrogens is 3. The van der Waals surface area contributed by atoms with Crippen molar-refractivity contribution in [2.24, 2.45) is 7.05 Å². The third-order valence-electron chi connectivity index (χ3n) is 4.41. The van der Waals surface area contributed by atoms with E-state index in [0.29, 0.717) is 18.9 Å². The minimum atomic E-state index is -3.63. The molecule has 0 spiro atoms. The van der Waals surface area contributed by atoms with Gasteiger partial charge in [0, 0.05) is 38.6 Å². The number of benzene rings is 1. The normalized spacial score (nSPS) is 11.7. The van der Waals surface area contributed by atoms with E-state index in [0.717, 1.165) is 5.69 Å². The second-order valence-corrected chi connectivity index (χ2v) is 8.13. The van der Waals surface area contributed by atoms with Gasteiger partial charge in [0.1, 0.15) is 10.6 Å². The molecular formula is C19H23N5O3S. The van der Waals surface area contributed by atoms with Crippen LogP contribution in [0.2, 0.25) is 0 Å². The van der Waals surface area contributed by atoms with Gasteiger partial charge in [-0.15, -0.1) is 0 Å². The smallest absolute Gasteiger partial charge is 0.273 e. The number of sulfonamides is 1. The van der Waals surface area contributed by atoms with Gasteiger partial charge in [-0.1, -0.05) is 32.0 Å². The van der Waals surface area contributed by atoms with Crippen LogP contribution in [0.1, 0.15) is 24.3 Å². The van der Waals surface area contributed by atoms with Gasteiger partial charge >= 0.3 is 0 Å². The van der Waals surface area contributed by atoms with Crippen molar-refractivity contribution in [3.8, 4) is 5.69 Å². The van der Waals surface area contributed by atoms with Gasteiger partial charge in [0.05, 0.1) is 5.69 Å². The summed E-state index contributed by atoms with van der Waals surface area (Å²) in [5, 5.41) is 7.05. The van der Waals surface area contributed by atoms with Gasteiger partial charge in [-0.2, -0.15) is 9.40 Å². The van der Waals surface area contributed by atoms with Gasteiger partial charge in [0.25, 0.3) is 5.91 Å². The number of carbonyl (C=O) groups is 1. The maximum absolute atomic E-state index is 12.7. The van der Waals surface area contributed by atoms with Gasteiger partial charge in [-0.05, 0) is 18.2 Å². The molecule has 1 amide bonds. The fourth-order valence-electron chi connectivity index (χ4n) is 2.91. The summed E-state index contributed by atoms with van der Waals surface area (Å²) < 4.78 is 29.8. The fourth-order valence-corrected chi connectivity index (χ4v) is 4.44. The number of hydrogen-bond donors (Lipinski definition) is 1. The summed E-state index contributed by atoms with van der Waals surface area (Å²) in [6.45, 7) is 4.29. The first-order valence-electron chi connectivity index (χ1n) is 8.95. The molecule has 0 atom stereocenters. The van der Waals surface area contributed by atoms with Gasteiger partial charge in [-0.25, -0.2) is 13.1 Å². The number of anilines is 1. The molecule has 28 heavy (non-hydrogen) atoms. The van der Waals surface area contributed by atoms with Crippen molar-refractivity contribution in [1.29, 1.82) is 0 Å². The van der Waals surface area contributed by atoms with Crippen molar-refractivity contribution in [2.45, 2.75) is 18.7 Å². The van der Waals surface area contributed by atoms with Crippen molar-refractivity contribution < 1.29 is 13.2 Å². The number of aryl methyl sites for hydroxylation is 1. The Kier molecular flexibility index (Phi) is 5.66. The van der Waals surface area contributed by atoms with Crippen LogP contribution in [0.15, 0.2) is 59.8 Å². The molecule has 8 nitrogen and oxygen atoms in total. The number of carbonyl (C=O) groups excluding carboxylic acids is 1. The minimum absolute atomic E-state index is 0.0960. The Balaban J connectivity index is 1.81. The Morgan fingerprint density at radius 3 is 2.46 bits per heavy atom. The van der Waals surface area contributed by atoms with Crippen LogP contribution in [-0.2, 0) is 17.1 Å². The maximum Gasteiger partial charge on any atom is 0.273 e. The summed E-state index contributed by atoms with van der Waals surface area (Å²) in [5.41, 5.74) is 1.11. The zero-order valence-corrected chi connectivity index (χ0v) is 16.8. The van der Waals surface area contributed by atoms with Gasteiger partial charge in [-0.3, -0.25) is 4.79 Å². The molecule has 2 heterocycles. The molecule has 0 aliphatic heterocycles. The lowest BCUT2D eigenvalue weighted by atomic mass is 10.3. The van der Waals surface area contributed by atoms with Crippen LogP contribution in [0, 0.1) is 0 Å². The van der Waals surface area contributed by atoms with Crippen molar-refractivity contribution in [1.82, 2.24) is 18.7 Å². The van der Waals surface area contributed by atoms with E-state index in [1.807, 2.05) is 30.3 Å². The van der Waals surface area contributed by atoms with Crippen LogP contribution >= 0.6 is 0 Å². The molecule has 3 rings (SSSR count). The van der Waals surface area contributed by atoms with Gasteiger partial charge < -0.3 is 9.88 Å². The zero-order valence-electron chi connectivity index (χ0n) is 16.0. The molecule has 0 saturated heterocycles. The number of nitrogens with one attached hydrogen (secondary N) is 1. The Hall–Kier alpha value is -2.91. The molecule has 2 aromatic heterocycles. The van der Waals surface area contributed by atoms with E-state index >= 15 is 0 Å². The molecule has 1 N–H and O–H groups in total. The van der Waals surface area contributed by atoms with Crippen molar-refractivity contribution in [3.05, 3.63) is 60.6 Å². The number of hydrogen-bond acceptors (Lipinski definition) is 4. The molecule has 0 bridgehead atoms. The lowest BCUT2D eigenvalue weighted by Gasteiger charge is -2.17. The molecule has 0 aliphatic carbocycles. The van der Waals surface area contributed by atoms with E-state index in [-0.39, 0.29) is 10.6 Å². The van der Waals surface area contributed by atoms with Gasteiger partial charge in [0.2, 0.25) is 10.0 Å². The number of nitrogens with zero attached hydrogens (tertiary/aromatic N) is 4. The topological polar surface area (TPSA) is 89.2 Å². The Morgan fingerprint density at radius 1 is 1.14 bits per heavy atom. The van der Waals surface area contributed by atoms with Crippen molar-refractivity contribution in [2.75, 3.05) is 18.4 Å². The summed E-state index contributed by atoms with van der Waals surface area (Å²) in [6.07, 6.45) is 3.19. The summed E-state index contributed by atoms with van der Waals surface area (Å²) in [7, 11) is -1.99. The molecule has 0 aliphatic rings. The van der Waals surface area contributed by atoms with Crippen molar-refractivity contribution in [3.63, 3.8) is 0 Å². The van der Waals surface area contributed by atoms with E-state index in [1.54, 1.807) is 37.8 Å². The van der Waals surface area contributed by atoms with Crippen molar-refractivity contribution >= 4 is 21.7 Å². The van der Waals surface area contributed by atoms with Crippen LogP contribution in [-0.4, -0.2) is 46.1 Å². The fraction of sp³-hybridized carbons (Fsp3) is 0.263. The van der Waals surface area contributed by atoms with Crippen LogP contribution in [0.3, 0.4) is 0 Å². The highest BCUT2D eigenvalue weighted by Gasteiger charge is 2.25. The molecule has 0 radical (unpaired) electrons. The predicted octanol–water partition coefficient (Wildman–Crippen LogP) is 2.49. The monoisotopic (exact) mass is 401 g/mol. The van der Waals surface area contributed by atoms with Crippen LogP contribution in [0.4, 0.5) is 5.82 Å². The lowest BCUT2D eigenvalue weighted by Crippen LogP contribution is -2.30. The predicted molar refractivity (Wildman–Crippen MR) is 107 cm³/mol. The highest BCUT2D eigenvalue weighted by atomic mass is 32.2. The third-order valence-corrected chi connectivity index (χ3v) is 6.42. The Bertz CT molecular complexity index is 1070. The van der Waals surface area contributed by atoms with Crippen LogP contribution in [0.25, 0.3) is 5.69 Å². The second-order valence-electron chi connectivity index (χ2n) is 6.20. The lowest BCUT2D eigenvalue weighted by molar-refractivity contribution is 0.101. The van der Waals surface area contributed by atoms with Crippen LogP contribution in [0.5, 0.6) is 0 Å². The number of amides is 1. The summed E-state index contributed by atoms with van der Waals surface area (Å²) in [4.78, 5) is 12.7. The molecular weight excluding hydrogens is 378 g/mol. The van der Waals surface area contributed by atoms with E-state index in [9.17, 15) is 13.2 Å². The zero-order chi connectivity index (χ0) is 20.3. The quantitative estimate of drug-likeness (QED) is 0.659. The summed E-state index contributed by atoms with van der Waals surface area (Å²) in [6, 6.07) is 12.6. The van der Waals surface area contributed by atoms with E-state index < -0.39 is 15.9 Å². The molecule has 0 saturated carbocycles. The molecule has 0 fully saturated rings. The van der Waals surface area contributed by atoms with E-state index in [4.69, 9.17) is 0 Å². The molecule has 9 heteroatoms. The second kappa shape index (κ2) is 7.99. The highest BCUT2D eigenvalue weighted by Crippen LogP contribution is 2.19. The van der Waals surface area contributed by atoms with E-state index in [1.165, 1.54) is 21.1 Å². The standard InChI is InChI=1S/C19H23N5O3S/c1-4-23(5-2)28(26,27)16-13-17(22(3)14-16)19(25)20-18-11-12-24(21-18)15-9-7-6-8-10-15/h6-14H,4-5H2,1-3H3,(H,20,21,25). The van der Waals surface area contributed by atoms with E-state index in [2.05, 4.69) is 10.4 Å². The summed E-state index contributed by atoms with van der Waals surface area (Å²) >= 11 is 0.